The van der Waals surface area contributed by atoms with Crippen molar-refractivity contribution in [2.75, 3.05) is 26.9 Å². The van der Waals surface area contributed by atoms with Crippen LogP contribution in [0.15, 0.2) is 5.38 Å². The SMILES string of the molecule is CCCCCOCN(C(=O)[C@@H](NC(=O)C1CCCCN1C)C(C)CC)[C@H](C[C@@H](O)c1nc(C(=O)O)cs1)C(C)C. The van der Waals surface area contributed by atoms with Gasteiger partial charge in [0.25, 0.3) is 0 Å². The number of amides is 2. The van der Waals surface area contributed by atoms with Gasteiger partial charge < -0.3 is 25.2 Å². The number of unbranched alkanes of at least 4 members (excludes halogenated alkanes) is 2. The number of carbonyl (C=O) groups excluding carboxylic acids is 2. The number of carbonyl (C=O) groups is 3. The molecule has 0 saturated carbocycles. The molecule has 1 aromatic heterocycles. The molecule has 0 radical (unpaired) electrons. The van der Waals surface area contributed by atoms with E-state index < -0.39 is 24.2 Å². The molecule has 0 spiro atoms. The van der Waals surface area contributed by atoms with Gasteiger partial charge in [0.15, 0.2) is 5.69 Å². The summed E-state index contributed by atoms with van der Waals surface area (Å²) in [5.74, 6) is -1.66. The average molecular weight is 583 g/mol. The molecule has 0 bridgehead atoms. The summed E-state index contributed by atoms with van der Waals surface area (Å²) in [5.41, 5.74) is -0.112. The second kappa shape index (κ2) is 17.0. The molecule has 1 aliphatic rings. The zero-order valence-electron chi connectivity index (χ0n) is 25.1. The molecule has 2 heterocycles. The summed E-state index contributed by atoms with van der Waals surface area (Å²) in [7, 11) is 1.95. The lowest BCUT2D eigenvalue weighted by Gasteiger charge is -2.39. The number of hydrogen-bond acceptors (Lipinski definition) is 8. The van der Waals surface area contributed by atoms with Gasteiger partial charge in [0.05, 0.1) is 6.04 Å². The Morgan fingerprint density at radius 1 is 1.23 bits per heavy atom. The lowest BCUT2D eigenvalue weighted by molar-refractivity contribution is -0.149. The Morgan fingerprint density at radius 3 is 2.52 bits per heavy atom. The number of aromatic nitrogens is 1. The number of likely N-dealkylation sites (N-methyl/N-ethyl adjacent to an activating group) is 1. The maximum absolute atomic E-state index is 14.3. The van der Waals surface area contributed by atoms with Crippen molar-refractivity contribution in [3.8, 4) is 0 Å². The van der Waals surface area contributed by atoms with Gasteiger partial charge in [0.2, 0.25) is 11.8 Å². The van der Waals surface area contributed by atoms with Crippen LogP contribution in [0.1, 0.15) is 108 Å². The van der Waals surface area contributed by atoms with Crippen LogP contribution < -0.4 is 5.32 Å². The van der Waals surface area contributed by atoms with Crippen LogP contribution in [0.2, 0.25) is 0 Å². The van der Waals surface area contributed by atoms with Crippen LogP contribution in [0.4, 0.5) is 0 Å². The maximum atomic E-state index is 14.3. The highest BCUT2D eigenvalue weighted by Crippen LogP contribution is 2.29. The Labute approximate surface area is 243 Å². The molecule has 0 aliphatic carbocycles. The summed E-state index contributed by atoms with van der Waals surface area (Å²) >= 11 is 1.09. The minimum absolute atomic E-state index is 0.0441. The lowest BCUT2D eigenvalue weighted by atomic mass is 9.92. The Balaban J connectivity index is 2.32. The van der Waals surface area contributed by atoms with Crippen molar-refractivity contribution in [1.29, 1.82) is 0 Å². The molecule has 40 heavy (non-hydrogen) atoms. The number of aliphatic hydroxyl groups excluding tert-OH is 1. The standard InChI is InChI=1S/C29H50N4O6S/c1-7-9-12-15-39-18-33(23(19(3)4)16-24(34)27-30-21(17-40-27)29(37)38)28(36)25(20(5)8-2)31-26(35)22-13-10-11-14-32(22)6/h17,19-20,22-25,34H,7-16,18H2,1-6H3,(H,31,35)(H,37,38)/t20?,22?,23-,24-,25+/m1/s1. The third kappa shape index (κ3) is 9.78. The number of carboxylic acid groups (broad SMARTS) is 1. The van der Waals surface area contributed by atoms with Gasteiger partial charge in [0.1, 0.15) is 23.9 Å². The summed E-state index contributed by atoms with van der Waals surface area (Å²) in [6.07, 6.45) is 5.58. The van der Waals surface area contributed by atoms with Gasteiger partial charge >= 0.3 is 5.97 Å². The quantitative estimate of drug-likeness (QED) is 0.183. The van der Waals surface area contributed by atoms with Crippen molar-refractivity contribution in [1.82, 2.24) is 20.1 Å². The molecule has 1 saturated heterocycles. The van der Waals surface area contributed by atoms with E-state index in [9.17, 15) is 24.6 Å². The Morgan fingerprint density at radius 2 is 1.95 bits per heavy atom. The first-order chi connectivity index (χ1) is 19.0. The molecule has 1 aromatic rings. The minimum Gasteiger partial charge on any atom is -0.476 e. The van der Waals surface area contributed by atoms with E-state index in [-0.39, 0.29) is 48.5 Å². The zero-order valence-corrected chi connectivity index (χ0v) is 25.9. The Hall–Kier alpha value is -2.08. The van der Waals surface area contributed by atoms with Crippen molar-refractivity contribution < 1.29 is 29.3 Å². The fraction of sp³-hybridized carbons (Fsp3) is 0.793. The molecule has 2 unspecified atom stereocenters. The molecular formula is C29H50N4O6S. The molecule has 228 valence electrons. The number of rotatable bonds is 17. The van der Waals surface area contributed by atoms with Crippen molar-refractivity contribution in [3.05, 3.63) is 16.1 Å². The first-order valence-corrected chi connectivity index (χ1v) is 15.6. The van der Waals surface area contributed by atoms with E-state index in [1.807, 2.05) is 34.7 Å². The monoisotopic (exact) mass is 582 g/mol. The number of thiazole rings is 1. The second-order valence-electron chi connectivity index (χ2n) is 11.4. The van der Waals surface area contributed by atoms with Gasteiger partial charge in [-0.05, 0) is 44.7 Å². The molecule has 3 N–H and O–H groups in total. The van der Waals surface area contributed by atoms with Gasteiger partial charge in [-0.3, -0.25) is 14.5 Å². The summed E-state index contributed by atoms with van der Waals surface area (Å²) in [4.78, 5) is 46.7. The molecule has 5 atom stereocenters. The molecule has 2 amide bonds. The van der Waals surface area contributed by atoms with E-state index in [4.69, 9.17) is 4.74 Å². The molecule has 10 nitrogen and oxygen atoms in total. The van der Waals surface area contributed by atoms with Crippen LogP contribution in [0.5, 0.6) is 0 Å². The number of carboxylic acids is 1. The van der Waals surface area contributed by atoms with E-state index in [1.165, 1.54) is 5.38 Å². The number of likely N-dealkylation sites (tertiary alicyclic amines) is 1. The smallest absolute Gasteiger partial charge is 0.355 e. The largest absolute Gasteiger partial charge is 0.476 e. The highest BCUT2D eigenvalue weighted by Gasteiger charge is 2.38. The van der Waals surface area contributed by atoms with Gasteiger partial charge in [0, 0.05) is 24.4 Å². The van der Waals surface area contributed by atoms with Crippen LogP contribution >= 0.6 is 11.3 Å². The molecule has 11 heteroatoms. The number of piperidine rings is 1. The number of nitrogens with one attached hydrogen (secondary N) is 1. The first-order valence-electron chi connectivity index (χ1n) is 14.8. The van der Waals surface area contributed by atoms with E-state index in [1.54, 1.807) is 4.90 Å². The van der Waals surface area contributed by atoms with Crippen molar-refractivity contribution in [3.63, 3.8) is 0 Å². The topological polar surface area (TPSA) is 132 Å². The van der Waals surface area contributed by atoms with Crippen LogP contribution in [0.3, 0.4) is 0 Å². The first kappa shape index (κ1) is 34.1. The van der Waals surface area contributed by atoms with E-state index in [0.717, 1.165) is 56.4 Å². The van der Waals surface area contributed by atoms with Crippen LogP contribution in [0.25, 0.3) is 0 Å². The van der Waals surface area contributed by atoms with Crippen LogP contribution in [-0.4, -0.2) is 87.8 Å². The van der Waals surface area contributed by atoms with E-state index >= 15 is 0 Å². The second-order valence-corrected chi connectivity index (χ2v) is 12.2. The van der Waals surface area contributed by atoms with Gasteiger partial charge in [-0.2, -0.15) is 0 Å². The van der Waals surface area contributed by atoms with Gasteiger partial charge in [-0.15, -0.1) is 11.3 Å². The predicted molar refractivity (Wildman–Crippen MR) is 156 cm³/mol. The summed E-state index contributed by atoms with van der Waals surface area (Å²) < 4.78 is 5.99. The number of ether oxygens (including phenoxy) is 1. The van der Waals surface area contributed by atoms with E-state index in [2.05, 4.69) is 22.1 Å². The average Bonchev–Trinajstić information content (AvgIpc) is 3.43. The maximum Gasteiger partial charge on any atom is 0.355 e. The zero-order chi connectivity index (χ0) is 29.8. The molecule has 2 rings (SSSR count). The van der Waals surface area contributed by atoms with Crippen molar-refractivity contribution in [2.24, 2.45) is 11.8 Å². The highest BCUT2D eigenvalue weighted by molar-refractivity contribution is 7.09. The Bertz CT molecular complexity index is 941. The highest BCUT2D eigenvalue weighted by atomic mass is 32.1. The Kier molecular flexibility index (Phi) is 14.5. The van der Waals surface area contributed by atoms with Crippen LogP contribution in [0, 0.1) is 11.8 Å². The summed E-state index contributed by atoms with van der Waals surface area (Å²) in [6.45, 7) is 11.4. The molecule has 1 aliphatic heterocycles. The molecule has 0 aromatic carbocycles. The number of aliphatic hydroxyl groups is 1. The van der Waals surface area contributed by atoms with E-state index in [0.29, 0.717) is 18.0 Å². The lowest BCUT2D eigenvalue weighted by Crippen LogP contribution is -2.59. The number of aromatic carboxylic acids is 1. The number of hydrogen-bond donors (Lipinski definition) is 3. The third-order valence-corrected chi connectivity index (χ3v) is 8.86. The summed E-state index contributed by atoms with van der Waals surface area (Å²) in [5, 5.41) is 25.1. The summed E-state index contributed by atoms with van der Waals surface area (Å²) in [6, 6.07) is -1.42. The molecule has 1 fully saturated rings. The third-order valence-electron chi connectivity index (χ3n) is 7.92. The molecular weight excluding hydrogens is 532 g/mol. The number of nitrogens with zero attached hydrogens (tertiary/aromatic N) is 3. The van der Waals surface area contributed by atoms with Crippen molar-refractivity contribution >= 4 is 29.1 Å². The normalized spacial score (nSPS) is 19.1. The van der Waals surface area contributed by atoms with Crippen molar-refractivity contribution in [2.45, 2.75) is 110 Å². The van der Waals surface area contributed by atoms with Crippen LogP contribution in [-0.2, 0) is 14.3 Å². The predicted octanol–water partition coefficient (Wildman–Crippen LogP) is 4.30. The van der Waals surface area contributed by atoms with Gasteiger partial charge in [-0.1, -0.05) is 60.3 Å². The van der Waals surface area contributed by atoms with Gasteiger partial charge in [-0.25, -0.2) is 9.78 Å². The fourth-order valence-electron chi connectivity index (χ4n) is 5.09. The fourth-order valence-corrected chi connectivity index (χ4v) is 5.88. The minimum atomic E-state index is -1.15.